The van der Waals surface area contributed by atoms with Crippen LogP contribution >= 0.6 is 0 Å². The van der Waals surface area contributed by atoms with Crippen molar-refractivity contribution in [3.05, 3.63) is 0 Å². The van der Waals surface area contributed by atoms with Crippen LogP contribution in [0.25, 0.3) is 0 Å². The lowest BCUT2D eigenvalue weighted by molar-refractivity contribution is 0.119. The van der Waals surface area contributed by atoms with Crippen LogP contribution in [0, 0.1) is 16.2 Å². The molecular weight excluding hydrogens is 206 g/mol. The third-order valence-corrected chi connectivity index (χ3v) is 3.99. The van der Waals surface area contributed by atoms with Crippen LogP contribution in [-0.4, -0.2) is 13.1 Å². The molecule has 1 unspecified atom stereocenters. The van der Waals surface area contributed by atoms with Crippen LogP contribution in [-0.2, 0) is 0 Å². The van der Waals surface area contributed by atoms with Gasteiger partial charge in [-0.05, 0) is 36.1 Å². The van der Waals surface area contributed by atoms with E-state index in [-0.39, 0.29) is 0 Å². The van der Waals surface area contributed by atoms with Gasteiger partial charge in [-0.3, -0.25) is 0 Å². The highest BCUT2D eigenvalue weighted by molar-refractivity contribution is 4.90. The number of nitrogens with one attached hydrogen (secondary N) is 1. The topological polar surface area (TPSA) is 12.0 Å². The highest BCUT2D eigenvalue weighted by Gasteiger charge is 2.35. The molecule has 0 bridgehead atoms. The van der Waals surface area contributed by atoms with Crippen LogP contribution in [0.3, 0.4) is 0 Å². The minimum absolute atomic E-state index is 0.347. The zero-order valence-corrected chi connectivity index (χ0v) is 13.7. The van der Waals surface area contributed by atoms with E-state index in [2.05, 4.69) is 67.8 Å². The van der Waals surface area contributed by atoms with Gasteiger partial charge in [-0.2, -0.15) is 0 Å². The molecule has 0 amide bonds. The second-order valence-corrected chi connectivity index (χ2v) is 8.29. The molecule has 1 N–H and O–H groups in total. The summed E-state index contributed by atoms with van der Waals surface area (Å²) in [7, 11) is 2.11. The maximum atomic E-state index is 3.56. The molecular formula is C16H35N. The normalized spacial score (nSPS) is 16.1. The highest BCUT2D eigenvalue weighted by Crippen LogP contribution is 2.40. The average molecular weight is 241 g/mol. The number of hydrogen-bond donors (Lipinski definition) is 1. The summed E-state index contributed by atoms with van der Waals surface area (Å²) >= 11 is 0. The fourth-order valence-corrected chi connectivity index (χ4v) is 2.96. The lowest BCUT2D eigenvalue weighted by Gasteiger charge is -2.42. The lowest BCUT2D eigenvalue weighted by atomic mass is 9.67. The van der Waals surface area contributed by atoms with Crippen LogP contribution in [0.15, 0.2) is 0 Å². The average Bonchev–Trinajstić information content (AvgIpc) is 2.10. The van der Waals surface area contributed by atoms with Gasteiger partial charge in [0, 0.05) is 6.04 Å². The molecule has 0 spiro atoms. The Balaban J connectivity index is 4.75. The summed E-state index contributed by atoms with van der Waals surface area (Å²) in [5.41, 5.74) is 1.18. The maximum Gasteiger partial charge on any atom is 0.0120 e. The molecule has 0 aromatic heterocycles. The summed E-state index contributed by atoms with van der Waals surface area (Å²) in [6.07, 6.45) is 3.76. The molecule has 0 heterocycles. The summed E-state index contributed by atoms with van der Waals surface area (Å²) in [5.74, 6) is 0. The zero-order valence-electron chi connectivity index (χ0n) is 13.7. The fraction of sp³-hybridized carbons (Fsp3) is 1.00. The van der Waals surface area contributed by atoms with Gasteiger partial charge in [0.05, 0.1) is 0 Å². The SMILES string of the molecule is CCC(C)(C)CC(NC)C(C)(C)CC(C)(C)C. The van der Waals surface area contributed by atoms with Gasteiger partial charge in [0.1, 0.15) is 0 Å². The summed E-state index contributed by atoms with van der Waals surface area (Å²) < 4.78 is 0. The van der Waals surface area contributed by atoms with Gasteiger partial charge in [0.25, 0.3) is 0 Å². The van der Waals surface area contributed by atoms with Crippen molar-refractivity contribution < 1.29 is 0 Å². The number of hydrogen-bond acceptors (Lipinski definition) is 1. The van der Waals surface area contributed by atoms with Gasteiger partial charge in [-0.25, -0.2) is 0 Å². The molecule has 0 aliphatic carbocycles. The minimum Gasteiger partial charge on any atom is -0.316 e. The van der Waals surface area contributed by atoms with Crippen molar-refractivity contribution in [2.24, 2.45) is 16.2 Å². The quantitative estimate of drug-likeness (QED) is 0.700. The Morgan fingerprint density at radius 3 is 1.71 bits per heavy atom. The second-order valence-electron chi connectivity index (χ2n) is 8.29. The fourth-order valence-electron chi connectivity index (χ4n) is 2.96. The summed E-state index contributed by atoms with van der Waals surface area (Å²) in [4.78, 5) is 0. The Morgan fingerprint density at radius 1 is 0.941 bits per heavy atom. The highest BCUT2D eigenvalue weighted by atomic mass is 14.9. The third-order valence-electron chi connectivity index (χ3n) is 3.99. The van der Waals surface area contributed by atoms with Crippen molar-refractivity contribution in [1.29, 1.82) is 0 Å². The van der Waals surface area contributed by atoms with Crippen molar-refractivity contribution in [3.8, 4) is 0 Å². The van der Waals surface area contributed by atoms with Crippen LogP contribution in [0.5, 0.6) is 0 Å². The van der Waals surface area contributed by atoms with Crippen LogP contribution in [0.4, 0.5) is 0 Å². The molecule has 0 fully saturated rings. The van der Waals surface area contributed by atoms with E-state index in [1.807, 2.05) is 0 Å². The van der Waals surface area contributed by atoms with Gasteiger partial charge in [0.15, 0.2) is 0 Å². The van der Waals surface area contributed by atoms with Crippen molar-refractivity contribution >= 4 is 0 Å². The van der Waals surface area contributed by atoms with Crippen molar-refractivity contribution in [2.75, 3.05) is 7.05 Å². The molecule has 0 aromatic rings. The van der Waals surface area contributed by atoms with Crippen LogP contribution < -0.4 is 5.32 Å². The summed E-state index contributed by atoms with van der Waals surface area (Å²) in [6.45, 7) is 18.9. The van der Waals surface area contributed by atoms with Crippen LogP contribution in [0.2, 0.25) is 0 Å². The Kier molecular flexibility index (Phi) is 5.72. The van der Waals surface area contributed by atoms with E-state index in [0.29, 0.717) is 22.3 Å². The van der Waals surface area contributed by atoms with E-state index in [4.69, 9.17) is 0 Å². The van der Waals surface area contributed by atoms with Crippen molar-refractivity contribution in [2.45, 2.75) is 80.7 Å². The molecule has 0 aliphatic heterocycles. The van der Waals surface area contributed by atoms with Gasteiger partial charge in [-0.1, -0.05) is 61.8 Å². The first-order chi connectivity index (χ1) is 7.43. The van der Waals surface area contributed by atoms with E-state index in [1.165, 1.54) is 19.3 Å². The molecule has 0 saturated carbocycles. The Morgan fingerprint density at radius 2 is 1.41 bits per heavy atom. The molecule has 1 atom stereocenters. The Hall–Kier alpha value is -0.0400. The maximum absolute atomic E-state index is 3.56. The second kappa shape index (κ2) is 5.73. The first-order valence-corrected chi connectivity index (χ1v) is 7.11. The van der Waals surface area contributed by atoms with E-state index < -0.39 is 0 Å². The van der Waals surface area contributed by atoms with E-state index in [0.717, 1.165) is 0 Å². The largest absolute Gasteiger partial charge is 0.316 e. The molecule has 0 aliphatic rings. The molecule has 104 valence electrons. The molecule has 0 aromatic carbocycles. The third kappa shape index (κ3) is 6.45. The van der Waals surface area contributed by atoms with E-state index in [9.17, 15) is 0 Å². The summed E-state index contributed by atoms with van der Waals surface area (Å²) in [6, 6.07) is 0.594. The Bertz CT molecular complexity index is 220. The monoisotopic (exact) mass is 241 g/mol. The van der Waals surface area contributed by atoms with Gasteiger partial charge < -0.3 is 5.32 Å². The molecule has 0 radical (unpaired) electrons. The van der Waals surface area contributed by atoms with E-state index >= 15 is 0 Å². The first-order valence-electron chi connectivity index (χ1n) is 7.11. The molecule has 0 saturated heterocycles. The molecule has 0 rings (SSSR count). The minimum atomic E-state index is 0.347. The smallest absolute Gasteiger partial charge is 0.0120 e. The van der Waals surface area contributed by atoms with Gasteiger partial charge in [-0.15, -0.1) is 0 Å². The van der Waals surface area contributed by atoms with Crippen molar-refractivity contribution in [1.82, 2.24) is 5.32 Å². The molecule has 1 heteroatoms. The lowest BCUT2D eigenvalue weighted by Crippen LogP contribution is -2.44. The van der Waals surface area contributed by atoms with Crippen molar-refractivity contribution in [3.63, 3.8) is 0 Å². The Labute approximate surface area is 110 Å². The standard InChI is InChI=1S/C16H35N/c1-10-15(5,6)11-13(17-9)16(7,8)12-14(2,3)4/h13,17H,10-12H2,1-9H3. The predicted octanol–water partition coefficient (Wildman–Crippen LogP) is 4.86. The van der Waals surface area contributed by atoms with Gasteiger partial charge >= 0.3 is 0 Å². The van der Waals surface area contributed by atoms with Crippen LogP contribution in [0.1, 0.15) is 74.7 Å². The first kappa shape index (κ1) is 17.0. The van der Waals surface area contributed by atoms with E-state index in [1.54, 1.807) is 0 Å². The summed E-state index contributed by atoms with van der Waals surface area (Å²) in [5, 5.41) is 3.56. The zero-order chi connectivity index (χ0) is 13.9. The van der Waals surface area contributed by atoms with Gasteiger partial charge in [0.2, 0.25) is 0 Å². The molecule has 1 nitrogen and oxygen atoms in total. The molecule has 17 heavy (non-hydrogen) atoms. The predicted molar refractivity (Wildman–Crippen MR) is 79.4 cm³/mol. The number of rotatable bonds is 6.